The fraction of sp³-hybridized carbons (Fsp3) is 1.00. The van der Waals surface area contributed by atoms with Gasteiger partial charge in [-0.3, -0.25) is 0 Å². The lowest BCUT2D eigenvalue weighted by Gasteiger charge is -2.47. The van der Waals surface area contributed by atoms with Crippen LogP contribution in [0.25, 0.3) is 0 Å². The molecule has 0 aliphatic carbocycles. The zero-order valence-corrected chi connectivity index (χ0v) is 14.7. The number of unbranched alkanes of at least 4 members (excludes halogenated alkanes) is 2. The van der Waals surface area contributed by atoms with Crippen LogP contribution in [0.5, 0.6) is 0 Å². The van der Waals surface area contributed by atoms with Crippen molar-refractivity contribution in [3.8, 4) is 0 Å². The summed E-state index contributed by atoms with van der Waals surface area (Å²) in [6, 6.07) is 0. The predicted octanol–water partition coefficient (Wildman–Crippen LogP) is 5.63. The Morgan fingerprint density at radius 2 is 1.53 bits per heavy atom. The van der Waals surface area contributed by atoms with Crippen molar-refractivity contribution in [2.24, 2.45) is 28.4 Å². The highest BCUT2D eigenvalue weighted by Crippen LogP contribution is 2.48. The Morgan fingerprint density at radius 1 is 0.947 bits per heavy atom. The minimum atomic E-state index is 0.380. The Hall–Kier alpha value is -0.0400. The van der Waals surface area contributed by atoms with Crippen LogP contribution in [0, 0.1) is 22.7 Å². The van der Waals surface area contributed by atoms with Gasteiger partial charge in [0.2, 0.25) is 0 Å². The van der Waals surface area contributed by atoms with Crippen LogP contribution in [0.1, 0.15) is 87.0 Å². The molecule has 0 rings (SSSR count). The summed E-state index contributed by atoms with van der Waals surface area (Å²) in [5.41, 5.74) is 6.58. The van der Waals surface area contributed by atoms with Crippen LogP contribution in [-0.2, 0) is 0 Å². The van der Waals surface area contributed by atoms with Crippen LogP contribution in [0.2, 0.25) is 0 Å². The van der Waals surface area contributed by atoms with Crippen LogP contribution >= 0.6 is 0 Å². The Morgan fingerprint density at radius 3 is 1.95 bits per heavy atom. The second-order valence-corrected chi connectivity index (χ2v) is 7.90. The fourth-order valence-corrected chi connectivity index (χ4v) is 3.03. The lowest BCUT2D eigenvalue weighted by atomic mass is 9.58. The molecule has 1 nitrogen and oxygen atoms in total. The lowest BCUT2D eigenvalue weighted by molar-refractivity contribution is 0.0294. The van der Waals surface area contributed by atoms with Gasteiger partial charge in [0.25, 0.3) is 0 Å². The summed E-state index contributed by atoms with van der Waals surface area (Å²) in [4.78, 5) is 0. The largest absolute Gasteiger partial charge is 0.330 e. The van der Waals surface area contributed by atoms with Crippen LogP contribution in [0.4, 0.5) is 0 Å². The van der Waals surface area contributed by atoms with Crippen molar-refractivity contribution in [1.29, 1.82) is 0 Å². The molecule has 0 amide bonds. The first-order valence-electron chi connectivity index (χ1n) is 8.39. The van der Waals surface area contributed by atoms with Crippen LogP contribution in [-0.4, -0.2) is 6.54 Å². The van der Waals surface area contributed by atoms with E-state index in [1.807, 2.05) is 0 Å². The van der Waals surface area contributed by atoms with E-state index in [0.29, 0.717) is 10.8 Å². The van der Waals surface area contributed by atoms with Crippen molar-refractivity contribution in [3.05, 3.63) is 0 Å². The second kappa shape index (κ2) is 8.29. The highest BCUT2D eigenvalue weighted by Gasteiger charge is 2.40. The van der Waals surface area contributed by atoms with E-state index >= 15 is 0 Å². The minimum Gasteiger partial charge on any atom is -0.330 e. The van der Waals surface area contributed by atoms with Crippen molar-refractivity contribution >= 4 is 0 Å². The van der Waals surface area contributed by atoms with E-state index in [-0.39, 0.29) is 0 Å². The number of nitrogens with two attached hydrogens (primary N) is 1. The maximum atomic E-state index is 5.82. The van der Waals surface area contributed by atoms with Crippen molar-refractivity contribution in [2.75, 3.05) is 6.54 Å². The Labute approximate surface area is 122 Å². The lowest BCUT2D eigenvalue weighted by Crippen LogP contribution is -2.38. The van der Waals surface area contributed by atoms with E-state index in [4.69, 9.17) is 5.73 Å². The normalized spacial score (nSPS) is 15.0. The van der Waals surface area contributed by atoms with Crippen molar-refractivity contribution in [2.45, 2.75) is 87.0 Å². The van der Waals surface area contributed by atoms with Gasteiger partial charge in [-0.1, -0.05) is 74.1 Å². The van der Waals surface area contributed by atoms with E-state index in [1.54, 1.807) is 0 Å². The zero-order chi connectivity index (χ0) is 15.1. The number of rotatable bonds is 10. The molecule has 0 aromatic rings. The Balaban J connectivity index is 4.62. The fourth-order valence-electron chi connectivity index (χ4n) is 3.03. The molecule has 1 heteroatoms. The third-order valence-corrected chi connectivity index (χ3v) is 5.78. The van der Waals surface area contributed by atoms with E-state index in [0.717, 1.165) is 18.4 Å². The molecule has 0 fully saturated rings. The molecule has 19 heavy (non-hydrogen) atoms. The van der Waals surface area contributed by atoms with E-state index in [2.05, 4.69) is 48.5 Å². The summed E-state index contributed by atoms with van der Waals surface area (Å²) in [6.07, 6.45) is 7.94. The van der Waals surface area contributed by atoms with Crippen LogP contribution < -0.4 is 5.73 Å². The molecule has 0 bridgehead atoms. The van der Waals surface area contributed by atoms with Gasteiger partial charge in [0.15, 0.2) is 0 Å². The maximum Gasteiger partial charge on any atom is -0.00746 e. The number of hydrogen-bond donors (Lipinski definition) is 1. The van der Waals surface area contributed by atoms with Gasteiger partial charge < -0.3 is 5.73 Å². The van der Waals surface area contributed by atoms with E-state index < -0.39 is 0 Å². The average molecular weight is 270 g/mol. The summed E-state index contributed by atoms with van der Waals surface area (Å²) < 4.78 is 0. The molecule has 0 aliphatic rings. The number of hydrogen-bond acceptors (Lipinski definition) is 1. The highest BCUT2D eigenvalue weighted by molar-refractivity contribution is 4.89. The predicted molar refractivity (Wildman–Crippen MR) is 88.3 cm³/mol. The monoisotopic (exact) mass is 269 g/mol. The van der Waals surface area contributed by atoms with Crippen molar-refractivity contribution in [1.82, 2.24) is 0 Å². The third kappa shape index (κ3) is 5.85. The van der Waals surface area contributed by atoms with Gasteiger partial charge in [0, 0.05) is 0 Å². The smallest absolute Gasteiger partial charge is 0.00746 e. The Bertz CT molecular complexity index is 228. The molecule has 0 aliphatic heterocycles. The quantitative estimate of drug-likeness (QED) is 0.511. The summed E-state index contributed by atoms with van der Waals surface area (Å²) in [7, 11) is 0. The SMILES string of the molecule is CCCCCC(CCN)CC(C)(C)C(C)(C)C(C)C. The topological polar surface area (TPSA) is 26.0 Å². The van der Waals surface area contributed by atoms with Crippen LogP contribution in [0.15, 0.2) is 0 Å². The minimum absolute atomic E-state index is 0.380. The maximum absolute atomic E-state index is 5.82. The molecule has 0 spiro atoms. The first kappa shape index (κ1) is 19.0. The van der Waals surface area contributed by atoms with Crippen LogP contribution in [0.3, 0.4) is 0 Å². The summed E-state index contributed by atoms with van der Waals surface area (Å²) in [5.74, 6) is 1.53. The van der Waals surface area contributed by atoms with Crippen molar-refractivity contribution in [3.63, 3.8) is 0 Å². The summed E-state index contributed by atoms with van der Waals surface area (Å²) in [6.45, 7) is 17.6. The molecule has 0 saturated carbocycles. The van der Waals surface area contributed by atoms with Gasteiger partial charge in [-0.15, -0.1) is 0 Å². The van der Waals surface area contributed by atoms with Gasteiger partial charge in [0.1, 0.15) is 0 Å². The first-order valence-corrected chi connectivity index (χ1v) is 8.39. The molecule has 2 N–H and O–H groups in total. The highest BCUT2D eigenvalue weighted by atomic mass is 14.5. The van der Waals surface area contributed by atoms with Crippen molar-refractivity contribution < 1.29 is 0 Å². The molecular formula is C18H39N. The molecule has 1 unspecified atom stereocenters. The third-order valence-electron chi connectivity index (χ3n) is 5.78. The van der Waals surface area contributed by atoms with Gasteiger partial charge in [0.05, 0.1) is 0 Å². The molecule has 0 aromatic carbocycles. The average Bonchev–Trinajstić information content (AvgIpc) is 2.28. The summed E-state index contributed by atoms with van der Waals surface area (Å²) >= 11 is 0. The van der Waals surface area contributed by atoms with E-state index in [1.165, 1.54) is 38.5 Å². The van der Waals surface area contributed by atoms with Gasteiger partial charge in [-0.25, -0.2) is 0 Å². The van der Waals surface area contributed by atoms with Gasteiger partial charge in [-0.05, 0) is 42.1 Å². The van der Waals surface area contributed by atoms with Gasteiger partial charge in [-0.2, -0.15) is 0 Å². The molecule has 116 valence electrons. The first-order chi connectivity index (χ1) is 8.69. The molecular weight excluding hydrogens is 230 g/mol. The molecule has 0 saturated heterocycles. The zero-order valence-electron chi connectivity index (χ0n) is 14.7. The molecule has 0 aromatic heterocycles. The van der Waals surface area contributed by atoms with E-state index in [9.17, 15) is 0 Å². The van der Waals surface area contributed by atoms with Gasteiger partial charge >= 0.3 is 0 Å². The second-order valence-electron chi connectivity index (χ2n) is 7.90. The Kier molecular flexibility index (Phi) is 8.27. The molecule has 0 heterocycles. The molecule has 0 radical (unpaired) electrons. The summed E-state index contributed by atoms with van der Waals surface area (Å²) in [5, 5.41) is 0. The molecule has 1 atom stereocenters. The standard InChI is InChI=1S/C18H39N/c1-8-9-10-11-16(12-13-19)14-17(4,5)18(6,7)15(2)3/h15-16H,8-14,19H2,1-7H3.